The number of hydrogen-bond donors (Lipinski definition) is 3. The fourth-order valence-electron chi connectivity index (χ4n) is 3.16. The number of aldehydes is 1. The van der Waals surface area contributed by atoms with Crippen molar-refractivity contribution in [2.45, 2.75) is 51.5 Å². The van der Waals surface area contributed by atoms with Gasteiger partial charge >= 0.3 is 5.97 Å². The topological polar surface area (TPSA) is 113 Å². The molecule has 0 saturated carbocycles. The summed E-state index contributed by atoms with van der Waals surface area (Å²) >= 11 is 1.44. The molecule has 1 aromatic carbocycles. The van der Waals surface area contributed by atoms with Crippen LogP contribution in [0.1, 0.15) is 58.0 Å². The SMILES string of the molecule is Cc1ccc(C(=O)NCCCCC(C(=O)N[C@H](C=O)CC(=O)O)c2cccs2)cc1C. The zero-order valence-corrected chi connectivity index (χ0v) is 18.5. The van der Waals surface area contributed by atoms with Gasteiger partial charge in [0, 0.05) is 17.0 Å². The smallest absolute Gasteiger partial charge is 0.305 e. The second-order valence-corrected chi connectivity index (χ2v) is 8.45. The van der Waals surface area contributed by atoms with E-state index >= 15 is 0 Å². The highest BCUT2D eigenvalue weighted by molar-refractivity contribution is 7.10. The molecular weight excluding hydrogens is 416 g/mol. The highest BCUT2D eigenvalue weighted by atomic mass is 32.1. The molecule has 3 N–H and O–H groups in total. The van der Waals surface area contributed by atoms with E-state index in [1.54, 1.807) is 6.07 Å². The number of thiophene rings is 1. The molecule has 2 amide bonds. The van der Waals surface area contributed by atoms with Gasteiger partial charge in [0.2, 0.25) is 5.91 Å². The van der Waals surface area contributed by atoms with Crippen LogP contribution in [-0.2, 0) is 14.4 Å². The van der Waals surface area contributed by atoms with Gasteiger partial charge in [-0.05, 0) is 61.4 Å². The number of carboxylic acid groups (broad SMARTS) is 1. The number of carbonyl (C=O) groups is 4. The highest BCUT2D eigenvalue weighted by Gasteiger charge is 2.24. The van der Waals surface area contributed by atoms with E-state index in [9.17, 15) is 19.2 Å². The first kappa shape index (κ1) is 24.3. The third kappa shape index (κ3) is 7.64. The number of carbonyl (C=O) groups excluding carboxylic acids is 3. The van der Waals surface area contributed by atoms with Crippen LogP contribution in [0, 0.1) is 13.8 Å². The van der Waals surface area contributed by atoms with E-state index in [0.29, 0.717) is 37.7 Å². The number of hydrogen-bond acceptors (Lipinski definition) is 5. The number of nitrogens with one attached hydrogen (secondary N) is 2. The Hall–Kier alpha value is -3.00. The molecule has 0 aliphatic rings. The molecule has 7 nitrogen and oxygen atoms in total. The summed E-state index contributed by atoms with van der Waals surface area (Å²) < 4.78 is 0. The highest BCUT2D eigenvalue weighted by Crippen LogP contribution is 2.26. The Morgan fingerprint density at radius 2 is 1.90 bits per heavy atom. The zero-order valence-electron chi connectivity index (χ0n) is 17.7. The number of unbranched alkanes of at least 4 members (excludes halogenated alkanes) is 1. The second-order valence-electron chi connectivity index (χ2n) is 7.47. The number of carboxylic acids is 1. The number of aliphatic carboxylic acids is 1. The Labute approximate surface area is 185 Å². The lowest BCUT2D eigenvalue weighted by Gasteiger charge is -2.18. The van der Waals surface area contributed by atoms with Gasteiger partial charge < -0.3 is 20.5 Å². The molecule has 166 valence electrons. The Balaban J connectivity index is 1.86. The molecule has 31 heavy (non-hydrogen) atoms. The van der Waals surface area contributed by atoms with Crippen LogP contribution in [0.15, 0.2) is 35.7 Å². The fraction of sp³-hybridized carbons (Fsp3) is 0.391. The molecule has 0 fully saturated rings. The van der Waals surface area contributed by atoms with Crippen LogP contribution in [0.25, 0.3) is 0 Å². The lowest BCUT2D eigenvalue weighted by atomic mass is 9.98. The Kier molecular flexibility index (Phi) is 9.40. The lowest BCUT2D eigenvalue weighted by molar-refractivity contribution is -0.138. The quantitative estimate of drug-likeness (QED) is 0.344. The average molecular weight is 445 g/mol. The van der Waals surface area contributed by atoms with E-state index in [2.05, 4.69) is 10.6 Å². The maximum absolute atomic E-state index is 12.7. The van der Waals surface area contributed by atoms with Crippen LogP contribution in [0.3, 0.4) is 0 Å². The normalized spacial score (nSPS) is 12.6. The molecule has 0 aliphatic carbocycles. The van der Waals surface area contributed by atoms with Crippen LogP contribution in [0.5, 0.6) is 0 Å². The molecule has 2 aromatic rings. The van der Waals surface area contributed by atoms with E-state index < -0.39 is 24.3 Å². The third-order valence-corrected chi connectivity index (χ3v) is 6.05. The van der Waals surface area contributed by atoms with Crippen molar-refractivity contribution in [2.24, 2.45) is 0 Å². The maximum Gasteiger partial charge on any atom is 0.305 e. The maximum atomic E-state index is 12.7. The Morgan fingerprint density at radius 1 is 1.13 bits per heavy atom. The van der Waals surface area contributed by atoms with Crippen molar-refractivity contribution in [3.63, 3.8) is 0 Å². The number of amides is 2. The summed E-state index contributed by atoms with van der Waals surface area (Å²) in [5.74, 6) is -2.10. The zero-order chi connectivity index (χ0) is 22.8. The molecule has 0 bridgehead atoms. The Bertz CT molecular complexity index is 911. The second kappa shape index (κ2) is 12.0. The molecule has 0 saturated heterocycles. The molecule has 0 radical (unpaired) electrons. The molecule has 1 heterocycles. The van der Waals surface area contributed by atoms with Gasteiger partial charge in [-0.1, -0.05) is 18.6 Å². The van der Waals surface area contributed by atoms with E-state index in [1.807, 2.05) is 43.5 Å². The van der Waals surface area contributed by atoms with Crippen molar-refractivity contribution in [3.05, 3.63) is 57.3 Å². The van der Waals surface area contributed by atoms with Gasteiger partial charge in [0.05, 0.1) is 18.4 Å². The van der Waals surface area contributed by atoms with Gasteiger partial charge in [-0.2, -0.15) is 0 Å². The van der Waals surface area contributed by atoms with Crippen molar-refractivity contribution in [3.8, 4) is 0 Å². The summed E-state index contributed by atoms with van der Waals surface area (Å²) in [5, 5.41) is 16.2. The van der Waals surface area contributed by atoms with Crippen molar-refractivity contribution in [2.75, 3.05) is 6.54 Å². The molecule has 2 rings (SSSR count). The minimum absolute atomic E-state index is 0.127. The number of benzene rings is 1. The van der Waals surface area contributed by atoms with Crippen molar-refractivity contribution in [1.82, 2.24) is 10.6 Å². The Morgan fingerprint density at radius 3 is 2.52 bits per heavy atom. The molecule has 1 unspecified atom stereocenters. The molecular formula is C23H28N2O5S. The molecule has 8 heteroatoms. The van der Waals surface area contributed by atoms with E-state index in [4.69, 9.17) is 5.11 Å². The minimum atomic E-state index is -1.15. The van der Waals surface area contributed by atoms with Gasteiger partial charge in [-0.3, -0.25) is 14.4 Å². The first-order chi connectivity index (χ1) is 14.8. The van der Waals surface area contributed by atoms with E-state index in [-0.39, 0.29) is 11.8 Å². The van der Waals surface area contributed by atoms with Crippen molar-refractivity contribution >= 4 is 35.4 Å². The van der Waals surface area contributed by atoms with Crippen molar-refractivity contribution < 1.29 is 24.3 Å². The van der Waals surface area contributed by atoms with Gasteiger partial charge in [0.15, 0.2) is 0 Å². The first-order valence-corrected chi connectivity index (χ1v) is 11.1. The summed E-state index contributed by atoms with van der Waals surface area (Å²) in [6.45, 7) is 4.45. The van der Waals surface area contributed by atoms with Crippen LogP contribution >= 0.6 is 11.3 Å². The fourth-order valence-corrected chi connectivity index (χ4v) is 4.02. The molecule has 0 aliphatic heterocycles. The molecule has 2 atom stereocenters. The van der Waals surface area contributed by atoms with E-state index in [0.717, 1.165) is 16.0 Å². The summed E-state index contributed by atoms with van der Waals surface area (Å²) in [7, 11) is 0. The van der Waals surface area contributed by atoms with E-state index in [1.165, 1.54) is 11.3 Å². The van der Waals surface area contributed by atoms with Crippen LogP contribution in [-0.4, -0.2) is 41.8 Å². The molecule has 1 aromatic heterocycles. The summed E-state index contributed by atoms with van der Waals surface area (Å²) in [5.41, 5.74) is 2.82. The third-order valence-electron chi connectivity index (χ3n) is 5.06. The first-order valence-electron chi connectivity index (χ1n) is 10.2. The van der Waals surface area contributed by atoms with Gasteiger partial charge in [-0.25, -0.2) is 0 Å². The van der Waals surface area contributed by atoms with Crippen LogP contribution < -0.4 is 10.6 Å². The monoisotopic (exact) mass is 444 g/mol. The predicted molar refractivity (Wildman–Crippen MR) is 119 cm³/mol. The lowest BCUT2D eigenvalue weighted by Crippen LogP contribution is -2.40. The molecule has 0 spiro atoms. The number of rotatable bonds is 12. The summed E-state index contributed by atoms with van der Waals surface area (Å²) in [4.78, 5) is 47.8. The standard InChI is InChI=1S/C23H28N2O5S/c1-15-8-9-17(12-16(15)2)22(29)24-10-4-3-6-19(20-7-5-11-31-20)23(30)25-18(14-26)13-21(27)28/h5,7-9,11-12,14,18-19H,3-4,6,10,13H2,1-2H3,(H,24,29)(H,25,30)(H,27,28)/t18-,19?/m0/s1. The average Bonchev–Trinajstić information content (AvgIpc) is 3.25. The summed E-state index contributed by atoms with van der Waals surface area (Å²) in [6.07, 6.45) is 1.91. The summed E-state index contributed by atoms with van der Waals surface area (Å²) in [6, 6.07) is 8.23. The van der Waals surface area contributed by atoms with Gasteiger partial charge in [0.25, 0.3) is 5.91 Å². The largest absolute Gasteiger partial charge is 0.481 e. The van der Waals surface area contributed by atoms with Crippen LogP contribution in [0.2, 0.25) is 0 Å². The van der Waals surface area contributed by atoms with Gasteiger partial charge in [0.1, 0.15) is 6.29 Å². The van der Waals surface area contributed by atoms with Gasteiger partial charge in [-0.15, -0.1) is 11.3 Å². The van der Waals surface area contributed by atoms with Crippen molar-refractivity contribution in [1.29, 1.82) is 0 Å². The number of aryl methyl sites for hydroxylation is 2. The minimum Gasteiger partial charge on any atom is -0.481 e. The van der Waals surface area contributed by atoms with Crippen LogP contribution in [0.4, 0.5) is 0 Å². The predicted octanol–water partition coefficient (Wildman–Crippen LogP) is 3.21.